The maximum absolute atomic E-state index is 8.94. The van der Waals surface area contributed by atoms with Gasteiger partial charge in [0.15, 0.2) is 0 Å². The van der Waals surface area contributed by atoms with Gasteiger partial charge in [-0.3, -0.25) is 4.90 Å². The third-order valence-electron chi connectivity index (χ3n) is 3.47. The van der Waals surface area contributed by atoms with E-state index in [1.54, 1.807) is 0 Å². The van der Waals surface area contributed by atoms with E-state index in [0.29, 0.717) is 6.42 Å². The highest BCUT2D eigenvalue weighted by Crippen LogP contribution is 2.14. The third kappa shape index (κ3) is 4.22. The first kappa shape index (κ1) is 14.3. The van der Waals surface area contributed by atoms with Crippen LogP contribution in [0.2, 0.25) is 0 Å². The molecule has 0 spiro atoms. The van der Waals surface area contributed by atoms with Crippen LogP contribution >= 0.6 is 0 Å². The Labute approximate surface area is 121 Å². The van der Waals surface area contributed by atoms with Gasteiger partial charge >= 0.3 is 0 Å². The summed E-state index contributed by atoms with van der Waals surface area (Å²) in [7, 11) is 0. The molecule has 2 heteroatoms. The fourth-order valence-electron chi connectivity index (χ4n) is 2.26. The van der Waals surface area contributed by atoms with Gasteiger partial charge < -0.3 is 0 Å². The molecule has 0 aliphatic heterocycles. The molecule has 0 amide bonds. The molecule has 2 aromatic carbocycles. The molecule has 0 N–H and O–H groups in total. The van der Waals surface area contributed by atoms with Gasteiger partial charge in [0.05, 0.1) is 12.5 Å². The summed E-state index contributed by atoms with van der Waals surface area (Å²) in [6, 6.07) is 23.4. The second kappa shape index (κ2) is 7.47. The summed E-state index contributed by atoms with van der Waals surface area (Å²) in [5.41, 5.74) is 2.57. The van der Waals surface area contributed by atoms with Crippen LogP contribution in [-0.2, 0) is 13.1 Å². The third-order valence-corrected chi connectivity index (χ3v) is 3.47. The number of hydrogen-bond donors (Lipinski definition) is 0. The van der Waals surface area contributed by atoms with Crippen LogP contribution < -0.4 is 0 Å². The molecular formula is C18H20N2. The number of rotatable bonds is 6. The van der Waals surface area contributed by atoms with Crippen LogP contribution in [0.4, 0.5) is 0 Å². The standard InChI is InChI=1S/C18H20N2/c1-16(12-13-19)20(14-17-8-4-2-5-9-17)15-18-10-6-3-7-11-18/h2-11,16H,12,14-15H2,1H3/t16-/m1/s1. The summed E-state index contributed by atoms with van der Waals surface area (Å²) in [5.74, 6) is 0. The quantitative estimate of drug-likeness (QED) is 0.788. The molecule has 2 nitrogen and oxygen atoms in total. The van der Waals surface area contributed by atoms with Crippen LogP contribution in [0.15, 0.2) is 60.7 Å². The van der Waals surface area contributed by atoms with Gasteiger partial charge in [-0.25, -0.2) is 0 Å². The molecule has 2 rings (SSSR count). The average molecular weight is 264 g/mol. The van der Waals surface area contributed by atoms with Crippen LogP contribution in [0.1, 0.15) is 24.5 Å². The summed E-state index contributed by atoms with van der Waals surface area (Å²) < 4.78 is 0. The Morgan fingerprint density at radius 3 is 1.75 bits per heavy atom. The van der Waals surface area contributed by atoms with Gasteiger partial charge in [-0.15, -0.1) is 0 Å². The van der Waals surface area contributed by atoms with Crippen molar-refractivity contribution in [2.45, 2.75) is 32.5 Å². The van der Waals surface area contributed by atoms with E-state index in [9.17, 15) is 0 Å². The Balaban J connectivity index is 2.10. The molecule has 2 aromatic rings. The fraction of sp³-hybridized carbons (Fsp3) is 0.278. The number of benzene rings is 2. The number of nitriles is 1. The zero-order valence-electron chi connectivity index (χ0n) is 11.9. The molecule has 0 heterocycles. The molecule has 102 valence electrons. The van der Waals surface area contributed by atoms with Crippen molar-refractivity contribution in [3.05, 3.63) is 71.8 Å². The summed E-state index contributed by atoms with van der Waals surface area (Å²) in [4.78, 5) is 2.36. The number of hydrogen-bond acceptors (Lipinski definition) is 2. The van der Waals surface area contributed by atoms with E-state index in [1.807, 2.05) is 12.1 Å². The highest BCUT2D eigenvalue weighted by atomic mass is 15.1. The minimum absolute atomic E-state index is 0.250. The van der Waals surface area contributed by atoms with E-state index in [1.165, 1.54) is 11.1 Å². The van der Waals surface area contributed by atoms with Gasteiger partial charge in [-0.2, -0.15) is 5.26 Å². The lowest BCUT2D eigenvalue weighted by molar-refractivity contribution is 0.193. The topological polar surface area (TPSA) is 27.0 Å². The molecule has 0 saturated heterocycles. The molecule has 0 aliphatic rings. The lowest BCUT2D eigenvalue weighted by atomic mass is 10.1. The molecule has 0 radical (unpaired) electrons. The van der Waals surface area contributed by atoms with E-state index in [2.05, 4.69) is 66.4 Å². The van der Waals surface area contributed by atoms with Crippen molar-refractivity contribution in [2.75, 3.05) is 0 Å². The summed E-state index contributed by atoms with van der Waals surface area (Å²) in [6.45, 7) is 3.87. The lowest BCUT2D eigenvalue weighted by Gasteiger charge is -2.27. The van der Waals surface area contributed by atoms with Gasteiger partial charge in [0, 0.05) is 19.1 Å². The predicted octanol–water partition coefficient (Wildman–Crippen LogP) is 3.99. The molecule has 0 aromatic heterocycles. The van der Waals surface area contributed by atoms with Crippen molar-refractivity contribution in [3.63, 3.8) is 0 Å². The van der Waals surface area contributed by atoms with E-state index in [-0.39, 0.29) is 6.04 Å². The molecule has 0 bridgehead atoms. The second-order valence-electron chi connectivity index (χ2n) is 5.09. The predicted molar refractivity (Wildman–Crippen MR) is 81.8 cm³/mol. The zero-order valence-corrected chi connectivity index (χ0v) is 11.9. The smallest absolute Gasteiger partial charge is 0.0638 e. The Bertz CT molecular complexity index is 501. The van der Waals surface area contributed by atoms with Crippen molar-refractivity contribution >= 4 is 0 Å². The Morgan fingerprint density at radius 2 is 1.35 bits per heavy atom. The lowest BCUT2D eigenvalue weighted by Crippen LogP contribution is -2.31. The maximum Gasteiger partial charge on any atom is 0.0638 e. The molecule has 0 saturated carbocycles. The van der Waals surface area contributed by atoms with Crippen LogP contribution in [0, 0.1) is 11.3 Å². The van der Waals surface area contributed by atoms with Gasteiger partial charge in [0.25, 0.3) is 0 Å². The normalized spacial score (nSPS) is 12.1. The summed E-state index contributed by atoms with van der Waals surface area (Å²) >= 11 is 0. The molecule has 0 unspecified atom stereocenters. The Morgan fingerprint density at radius 1 is 0.900 bits per heavy atom. The van der Waals surface area contributed by atoms with Gasteiger partial charge in [0.1, 0.15) is 0 Å². The van der Waals surface area contributed by atoms with Crippen molar-refractivity contribution in [2.24, 2.45) is 0 Å². The molecule has 1 atom stereocenters. The second-order valence-corrected chi connectivity index (χ2v) is 5.09. The van der Waals surface area contributed by atoms with Gasteiger partial charge in [-0.05, 0) is 18.1 Å². The van der Waals surface area contributed by atoms with E-state index in [0.717, 1.165) is 13.1 Å². The highest BCUT2D eigenvalue weighted by molar-refractivity contribution is 5.17. The first-order chi connectivity index (χ1) is 9.79. The van der Waals surface area contributed by atoms with E-state index >= 15 is 0 Å². The van der Waals surface area contributed by atoms with Crippen molar-refractivity contribution in [1.82, 2.24) is 4.90 Å². The first-order valence-corrected chi connectivity index (χ1v) is 6.98. The molecule has 0 aliphatic carbocycles. The van der Waals surface area contributed by atoms with Crippen molar-refractivity contribution < 1.29 is 0 Å². The largest absolute Gasteiger partial charge is 0.291 e. The molecular weight excluding hydrogens is 244 g/mol. The van der Waals surface area contributed by atoms with Crippen molar-refractivity contribution in [3.8, 4) is 6.07 Å². The minimum atomic E-state index is 0.250. The summed E-state index contributed by atoms with van der Waals surface area (Å²) in [6.07, 6.45) is 0.555. The van der Waals surface area contributed by atoms with E-state index < -0.39 is 0 Å². The van der Waals surface area contributed by atoms with Gasteiger partial charge in [0.2, 0.25) is 0 Å². The van der Waals surface area contributed by atoms with E-state index in [4.69, 9.17) is 5.26 Å². The average Bonchev–Trinajstić information content (AvgIpc) is 2.49. The van der Waals surface area contributed by atoms with Crippen LogP contribution in [0.25, 0.3) is 0 Å². The van der Waals surface area contributed by atoms with Gasteiger partial charge in [-0.1, -0.05) is 60.7 Å². The maximum atomic E-state index is 8.94. The van der Waals surface area contributed by atoms with Crippen LogP contribution in [-0.4, -0.2) is 10.9 Å². The number of nitrogens with zero attached hydrogens (tertiary/aromatic N) is 2. The molecule has 20 heavy (non-hydrogen) atoms. The SMILES string of the molecule is C[C@H](CC#N)N(Cc1ccccc1)Cc1ccccc1. The van der Waals surface area contributed by atoms with Crippen LogP contribution in [0.5, 0.6) is 0 Å². The minimum Gasteiger partial charge on any atom is -0.291 e. The zero-order chi connectivity index (χ0) is 14.2. The Kier molecular flexibility index (Phi) is 5.34. The fourth-order valence-corrected chi connectivity index (χ4v) is 2.26. The summed E-state index contributed by atoms with van der Waals surface area (Å²) in [5, 5.41) is 8.94. The Hall–Kier alpha value is -2.11. The first-order valence-electron chi connectivity index (χ1n) is 6.98. The monoisotopic (exact) mass is 264 g/mol. The van der Waals surface area contributed by atoms with Crippen LogP contribution in [0.3, 0.4) is 0 Å². The molecule has 0 fully saturated rings. The highest BCUT2D eigenvalue weighted by Gasteiger charge is 2.14. The van der Waals surface area contributed by atoms with Crippen molar-refractivity contribution in [1.29, 1.82) is 5.26 Å².